The number of hydrogen-bond donors (Lipinski definition) is 1. The third-order valence-corrected chi connectivity index (χ3v) is 2.34. The van der Waals surface area contributed by atoms with Gasteiger partial charge in [0.25, 0.3) is 0 Å². The molecule has 0 aliphatic carbocycles. The fraction of sp³-hybridized carbons (Fsp3) is 1.00. The van der Waals surface area contributed by atoms with Crippen LogP contribution in [-0.4, -0.2) is 27.0 Å². The van der Waals surface area contributed by atoms with Gasteiger partial charge >= 0.3 is 0 Å². The van der Waals surface area contributed by atoms with Crippen LogP contribution < -0.4 is 0 Å². The number of aliphatic hydroxyl groups is 1. The van der Waals surface area contributed by atoms with Crippen LogP contribution in [0.15, 0.2) is 0 Å². The molecular formula is C8H16ClNO3. The van der Waals surface area contributed by atoms with E-state index < -0.39 is 16.6 Å². The minimum absolute atomic E-state index is 0.0581. The molecule has 0 aromatic carbocycles. The van der Waals surface area contributed by atoms with E-state index >= 15 is 0 Å². The second-order valence-corrected chi connectivity index (χ2v) is 4.53. The van der Waals surface area contributed by atoms with Gasteiger partial charge in [0.2, 0.25) is 5.54 Å². The number of alkyl halides is 1. The molecule has 0 aliphatic rings. The Balaban J connectivity index is 4.09. The van der Waals surface area contributed by atoms with Crippen LogP contribution >= 0.6 is 11.6 Å². The van der Waals surface area contributed by atoms with Gasteiger partial charge in [0.15, 0.2) is 0 Å². The van der Waals surface area contributed by atoms with Gasteiger partial charge in [-0.05, 0) is 19.8 Å². The SMILES string of the molecule is CC(Cl)CCC(O)C(C)(C)[N+](=O)[O-]. The molecule has 0 aromatic rings. The van der Waals surface area contributed by atoms with Crippen molar-refractivity contribution in [1.29, 1.82) is 0 Å². The Morgan fingerprint density at radius 1 is 1.54 bits per heavy atom. The lowest BCUT2D eigenvalue weighted by Gasteiger charge is -2.22. The summed E-state index contributed by atoms with van der Waals surface area (Å²) < 4.78 is 0. The fourth-order valence-corrected chi connectivity index (χ4v) is 0.988. The zero-order valence-electron chi connectivity index (χ0n) is 8.16. The van der Waals surface area contributed by atoms with E-state index in [0.29, 0.717) is 12.8 Å². The van der Waals surface area contributed by atoms with Gasteiger partial charge in [0.1, 0.15) is 6.10 Å². The minimum Gasteiger partial charge on any atom is -0.386 e. The number of nitro groups is 1. The van der Waals surface area contributed by atoms with Gasteiger partial charge in [0, 0.05) is 24.1 Å². The molecule has 0 bridgehead atoms. The molecular weight excluding hydrogens is 194 g/mol. The average Bonchev–Trinajstić information content (AvgIpc) is 1.99. The first-order valence-electron chi connectivity index (χ1n) is 4.25. The van der Waals surface area contributed by atoms with E-state index in [0.717, 1.165) is 0 Å². The van der Waals surface area contributed by atoms with Crippen LogP contribution in [0.1, 0.15) is 33.6 Å². The van der Waals surface area contributed by atoms with Gasteiger partial charge < -0.3 is 5.11 Å². The molecule has 0 saturated heterocycles. The molecule has 1 N–H and O–H groups in total. The fourth-order valence-electron chi connectivity index (χ4n) is 0.862. The highest BCUT2D eigenvalue weighted by molar-refractivity contribution is 6.20. The molecule has 0 amide bonds. The molecule has 2 unspecified atom stereocenters. The zero-order chi connectivity index (χ0) is 10.6. The van der Waals surface area contributed by atoms with Crippen LogP contribution in [0.25, 0.3) is 0 Å². The van der Waals surface area contributed by atoms with E-state index in [1.165, 1.54) is 13.8 Å². The van der Waals surface area contributed by atoms with Crippen molar-refractivity contribution in [3.8, 4) is 0 Å². The maximum Gasteiger partial charge on any atom is 0.242 e. The van der Waals surface area contributed by atoms with E-state index in [-0.39, 0.29) is 5.38 Å². The lowest BCUT2D eigenvalue weighted by atomic mass is 9.94. The van der Waals surface area contributed by atoms with Crippen LogP contribution in [0.2, 0.25) is 0 Å². The Bertz CT molecular complexity index is 182. The van der Waals surface area contributed by atoms with E-state index in [4.69, 9.17) is 11.6 Å². The van der Waals surface area contributed by atoms with Gasteiger partial charge in [-0.3, -0.25) is 10.1 Å². The summed E-state index contributed by atoms with van der Waals surface area (Å²) in [5.74, 6) is 0. The molecule has 5 heteroatoms. The second kappa shape index (κ2) is 4.77. The van der Waals surface area contributed by atoms with E-state index in [1.54, 1.807) is 6.92 Å². The van der Waals surface area contributed by atoms with Gasteiger partial charge in [0.05, 0.1) is 0 Å². The lowest BCUT2D eigenvalue weighted by Crippen LogP contribution is -2.43. The highest BCUT2D eigenvalue weighted by atomic mass is 35.5. The Kier molecular flexibility index (Phi) is 4.64. The molecule has 0 radical (unpaired) electrons. The summed E-state index contributed by atoms with van der Waals surface area (Å²) in [4.78, 5) is 10.1. The lowest BCUT2D eigenvalue weighted by molar-refractivity contribution is -0.573. The first-order chi connectivity index (χ1) is 5.78. The number of nitrogens with zero attached hydrogens (tertiary/aromatic N) is 1. The Morgan fingerprint density at radius 3 is 2.31 bits per heavy atom. The highest BCUT2D eigenvalue weighted by Crippen LogP contribution is 2.19. The van der Waals surface area contributed by atoms with Crippen molar-refractivity contribution in [2.45, 2.75) is 50.6 Å². The van der Waals surface area contributed by atoms with Crippen LogP contribution in [0, 0.1) is 10.1 Å². The molecule has 78 valence electrons. The number of rotatable bonds is 5. The molecule has 0 rings (SSSR count). The topological polar surface area (TPSA) is 63.4 Å². The largest absolute Gasteiger partial charge is 0.386 e. The van der Waals surface area contributed by atoms with Gasteiger partial charge in [-0.2, -0.15) is 0 Å². The number of hydrogen-bond acceptors (Lipinski definition) is 3. The van der Waals surface area contributed by atoms with Crippen molar-refractivity contribution < 1.29 is 10.0 Å². The standard InChI is InChI=1S/C8H16ClNO3/c1-6(9)4-5-7(11)8(2,3)10(12)13/h6-7,11H,4-5H2,1-3H3. The monoisotopic (exact) mass is 209 g/mol. The zero-order valence-corrected chi connectivity index (χ0v) is 8.91. The third kappa shape index (κ3) is 3.91. The third-order valence-electron chi connectivity index (χ3n) is 2.12. The van der Waals surface area contributed by atoms with Crippen molar-refractivity contribution in [3.63, 3.8) is 0 Å². The van der Waals surface area contributed by atoms with E-state index in [2.05, 4.69) is 0 Å². The molecule has 0 spiro atoms. The Labute approximate surface area is 83.0 Å². The number of halogens is 1. The molecule has 2 atom stereocenters. The van der Waals surface area contributed by atoms with Crippen LogP contribution in [0.4, 0.5) is 0 Å². The predicted molar refractivity (Wildman–Crippen MR) is 51.6 cm³/mol. The van der Waals surface area contributed by atoms with Gasteiger partial charge in [-0.1, -0.05) is 0 Å². The van der Waals surface area contributed by atoms with Crippen LogP contribution in [0.5, 0.6) is 0 Å². The summed E-state index contributed by atoms with van der Waals surface area (Å²) in [6.45, 7) is 4.63. The first kappa shape index (κ1) is 12.7. The highest BCUT2D eigenvalue weighted by Gasteiger charge is 2.39. The summed E-state index contributed by atoms with van der Waals surface area (Å²) in [6.07, 6.45) is 0.00208. The Hall–Kier alpha value is -0.350. The maximum atomic E-state index is 10.5. The molecule has 0 fully saturated rings. The summed E-state index contributed by atoms with van der Waals surface area (Å²) in [5, 5.41) is 20.0. The summed E-state index contributed by atoms with van der Waals surface area (Å²) in [5.41, 5.74) is -1.29. The molecule has 0 aromatic heterocycles. The summed E-state index contributed by atoms with van der Waals surface area (Å²) >= 11 is 5.67. The Morgan fingerprint density at radius 2 is 2.00 bits per heavy atom. The van der Waals surface area contributed by atoms with Gasteiger partial charge in [-0.25, -0.2) is 0 Å². The molecule has 0 heterocycles. The van der Waals surface area contributed by atoms with Crippen molar-refractivity contribution in [1.82, 2.24) is 0 Å². The number of aliphatic hydroxyl groups excluding tert-OH is 1. The second-order valence-electron chi connectivity index (χ2n) is 3.78. The summed E-state index contributed by atoms with van der Waals surface area (Å²) in [6, 6.07) is 0. The minimum atomic E-state index is -1.29. The predicted octanol–water partition coefficient (Wildman–Crippen LogP) is 1.81. The normalized spacial score (nSPS) is 16.7. The maximum absolute atomic E-state index is 10.5. The average molecular weight is 210 g/mol. The molecule has 0 aliphatic heterocycles. The smallest absolute Gasteiger partial charge is 0.242 e. The summed E-state index contributed by atoms with van der Waals surface area (Å²) in [7, 11) is 0. The molecule has 4 nitrogen and oxygen atoms in total. The van der Waals surface area contributed by atoms with Crippen LogP contribution in [0.3, 0.4) is 0 Å². The van der Waals surface area contributed by atoms with Crippen molar-refractivity contribution in [2.75, 3.05) is 0 Å². The van der Waals surface area contributed by atoms with Crippen molar-refractivity contribution in [3.05, 3.63) is 10.1 Å². The van der Waals surface area contributed by atoms with Crippen molar-refractivity contribution in [2.24, 2.45) is 0 Å². The van der Waals surface area contributed by atoms with Crippen molar-refractivity contribution >= 4 is 11.6 Å². The molecule has 0 saturated carbocycles. The first-order valence-corrected chi connectivity index (χ1v) is 4.68. The van der Waals surface area contributed by atoms with E-state index in [1.807, 2.05) is 0 Å². The quantitative estimate of drug-likeness (QED) is 0.427. The van der Waals surface area contributed by atoms with Gasteiger partial charge in [-0.15, -0.1) is 11.6 Å². The molecule has 13 heavy (non-hydrogen) atoms. The van der Waals surface area contributed by atoms with Crippen LogP contribution in [-0.2, 0) is 0 Å². The van der Waals surface area contributed by atoms with E-state index in [9.17, 15) is 15.2 Å².